The van der Waals surface area contributed by atoms with Gasteiger partial charge < -0.3 is 0 Å². The molecule has 1 unspecified atom stereocenters. The van der Waals surface area contributed by atoms with Crippen molar-refractivity contribution >= 4 is 5.71 Å². The lowest BCUT2D eigenvalue weighted by Gasteiger charge is -2.19. The Morgan fingerprint density at radius 2 is 2.42 bits per heavy atom. The second-order valence-corrected chi connectivity index (χ2v) is 4.66. The molecule has 2 bridgehead atoms. The first kappa shape index (κ1) is 8.03. The Morgan fingerprint density at radius 3 is 3.25 bits per heavy atom. The standard InChI is InChI=1S/C11H17N/c1-9-3-5-11(2)6-4-10(7-11)8-12-9/h3,5,10H,4,6-8H2,1-2H3/p+1/t10?,11-/m0/s1. The normalized spacial score (nSPS) is 40.5. The predicted molar refractivity (Wildman–Crippen MR) is 51.1 cm³/mol. The Labute approximate surface area is 74.6 Å². The van der Waals surface area contributed by atoms with E-state index in [9.17, 15) is 0 Å². The van der Waals surface area contributed by atoms with Gasteiger partial charge in [-0.2, -0.15) is 0 Å². The largest absolute Gasteiger partial charge is 0.246 e. The zero-order chi connectivity index (χ0) is 8.60. The summed E-state index contributed by atoms with van der Waals surface area (Å²) in [6.45, 7) is 5.73. The summed E-state index contributed by atoms with van der Waals surface area (Å²) in [6.07, 6.45) is 8.81. The molecule has 0 saturated heterocycles. The van der Waals surface area contributed by atoms with E-state index in [4.69, 9.17) is 0 Å². The molecular formula is C11H18N+. The zero-order valence-corrected chi connectivity index (χ0v) is 8.06. The van der Waals surface area contributed by atoms with Gasteiger partial charge in [0.25, 0.3) is 0 Å². The Bertz CT molecular complexity index is 239. The summed E-state index contributed by atoms with van der Waals surface area (Å²) >= 11 is 0. The van der Waals surface area contributed by atoms with Crippen LogP contribution in [0.5, 0.6) is 0 Å². The van der Waals surface area contributed by atoms with Crippen LogP contribution in [-0.2, 0) is 0 Å². The fourth-order valence-corrected chi connectivity index (χ4v) is 2.41. The van der Waals surface area contributed by atoms with Gasteiger partial charge in [0.1, 0.15) is 6.54 Å². The van der Waals surface area contributed by atoms with Crippen molar-refractivity contribution in [2.24, 2.45) is 11.3 Å². The summed E-state index contributed by atoms with van der Waals surface area (Å²) in [5, 5.41) is 0. The molecule has 1 saturated carbocycles. The fraction of sp³-hybridized carbons (Fsp3) is 0.727. The van der Waals surface area contributed by atoms with E-state index in [0.29, 0.717) is 5.41 Å². The van der Waals surface area contributed by atoms with Crippen LogP contribution in [0.15, 0.2) is 12.2 Å². The van der Waals surface area contributed by atoms with Crippen LogP contribution < -0.4 is 4.99 Å². The van der Waals surface area contributed by atoms with E-state index in [0.717, 1.165) is 5.92 Å². The number of hydrogen-bond donors (Lipinski definition) is 1. The van der Waals surface area contributed by atoms with Gasteiger partial charge in [0, 0.05) is 18.9 Å². The molecule has 12 heavy (non-hydrogen) atoms. The van der Waals surface area contributed by atoms with Crippen LogP contribution in [0.25, 0.3) is 0 Å². The highest BCUT2D eigenvalue weighted by atomic mass is 14.7. The first-order chi connectivity index (χ1) is 5.68. The lowest BCUT2D eigenvalue weighted by Crippen LogP contribution is -2.74. The van der Waals surface area contributed by atoms with Gasteiger partial charge in [-0.25, -0.2) is 4.99 Å². The maximum Gasteiger partial charge on any atom is 0.170 e. The topological polar surface area (TPSA) is 14.0 Å². The third-order valence-electron chi connectivity index (χ3n) is 3.28. The molecule has 1 heteroatoms. The minimum Gasteiger partial charge on any atom is -0.246 e. The van der Waals surface area contributed by atoms with Gasteiger partial charge in [-0.3, -0.25) is 0 Å². The Balaban J connectivity index is 2.25. The summed E-state index contributed by atoms with van der Waals surface area (Å²) in [5.74, 6) is 0.912. The summed E-state index contributed by atoms with van der Waals surface area (Å²) in [6, 6.07) is 0. The predicted octanol–water partition coefficient (Wildman–Crippen LogP) is 0.904. The van der Waals surface area contributed by atoms with E-state index in [-0.39, 0.29) is 0 Å². The number of rotatable bonds is 0. The van der Waals surface area contributed by atoms with Gasteiger partial charge in [-0.15, -0.1) is 0 Å². The van der Waals surface area contributed by atoms with Gasteiger partial charge in [0.05, 0.1) is 0 Å². The van der Waals surface area contributed by atoms with Crippen LogP contribution >= 0.6 is 0 Å². The molecule has 1 fully saturated rings. The molecule has 0 aromatic rings. The Kier molecular flexibility index (Phi) is 1.82. The molecular weight excluding hydrogens is 146 g/mol. The second kappa shape index (κ2) is 2.72. The molecule has 1 aliphatic heterocycles. The van der Waals surface area contributed by atoms with Gasteiger partial charge in [0.2, 0.25) is 0 Å². The average molecular weight is 164 g/mol. The molecule has 66 valence electrons. The van der Waals surface area contributed by atoms with Crippen molar-refractivity contribution in [3.05, 3.63) is 12.2 Å². The second-order valence-electron chi connectivity index (χ2n) is 4.66. The molecule has 1 aliphatic carbocycles. The SMILES string of the molecule is CC1=[NH+]CC2CC[C@](C)(C=C1)C2. The highest BCUT2D eigenvalue weighted by molar-refractivity contribution is 5.87. The summed E-state index contributed by atoms with van der Waals surface area (Å²) in [4.78, 5) is 3.46. The minimum atomic E-state index is 0.508. The van der Waals surface area contributed by atoms with E-state index < -0.39 is 0 Å². The highest BCUT2D eigenvalue weighted by Gasteiger charge is 2.34. The van der Waals surface area contributed by atoms with E-state index >= 15 is 0 Å². The van der Waals surface area contributed by atoms with Crippen LogP contribution in [0.1, 0.15) is 33.1 Å². The molecule has 1 nitrogen and oxygen atoms in total. The van der Waals surface area contributed by atoms with Crippen LogP contribution in [0.3, 0.4) is 0 Å². The zero-order valence-electron chi connectivity index (χ0n) is 8.06. The monoisotopic (exact) mass is 164 g/mol. The van der Waals surface area contributed by atoms with Crippen LogP contribution in [0, 0.1) is 11.3 Å². The van der Waals surface area contributed by atoms with Gasteiger partial charge in [-0.1, -0.05) is 13.0 Å². The highest BCUT2D eigenvalue weighted by Crippen LogP contribution is 2.42. The number of fused-ring (bicyclic) bond motifs is 2. The van der Waals surface area contributed by atoms with E-state index in [1.807, 2.05) is 0 Å². The molecule has 1 N–H and O–H groups in total. The molecule has 0 spiro atoms. The molecule has 0 radical (unpaired) electrons. The van der Waals surface area contributed by atoms with Crippen LogP contribution in [0.4, 0.5) is 0 Å². The smallest absolute Gasteiger partial charge is 0.170 e. The number of allylic oxidation sites excluding steroid dienone is 2. The molecule has 2 aliphatic rings. The van der Waals surface area contributed by atoms with Crippen molar-refractivity contribution in [1.82, 2.24) is 0 Å². The van der Waals surface area contributed by atoms with Crippen molar-refractivity contribution < 1.29 is 4.99 Å². The van der Waals surface area contributed by atoms with Gasteiger partial charge >= 0.3 is 0 Å². The van der Waals surface area contributed by atoms with Crippen molar-refractivity contribution in [3.63, 3.8) is 0 Å². The summed E-state index contributed by atoms with van der Waals surface area (Å²) < 4.78 is 0. The lowest BCUT2D eigenvalue weighted by molar-refractivity contribution is -0.466. The number of nitrogens with one attached hydrogen (secondary N) is 1. The molecule has 0 amide bonds. The maximum atomic E-state index is 3.46. The molecule has 2 rings (SSSR count). The Hall–Kier alpha value is -0.590. The third kappa shape index (κ3) is 1.45. The van der Waals surface area contributed by atoms with E-state index in [2.05, 4.69) is 31.0 Å². The Morgan fingerprint density at radius 1 is 1.58 bits per heavy atom. The minimum absolute atomic E-state index is 0.508. The lowest BCUT2D eigenvalue weighted by atomic mass is 9.86. The van der Waals surface area contributed by atoms with Crippen molar-refractivity contribution in [2.75, 3.05) is 6.54 Å². The van der Waals surface area contributed by atoms with Crippen molar-refractivity contribution in [3.8, 4) is 0 Å². The van der Waals surface area contributed by atoms with Crippen molar-refractivity contribution in [2.45, 2.75) is 33.1 Å². The molecule has 2 atom stereocenters. The summed E-state index contributed by atoms with van der Waals surface area (Å²) in [5.41, 5.74) is 1.83. The quantitative estimate of drug-likeness (QED) is 0.547. The van der Waals surface area contributed by atoms with Crippen molar-refractivity contribution in [1.29, 1.82) is 0 Å². The molecule has 0 aromatic heterocycles. The molecule has 0 aromatic carbocycles. The third-order valence-corrected chi connectivity index (χ3v) is 3.28. The first-order valence-electron chi connectivity index (χ1n) is 4.95. The van der Waals surface area contributed by atoms with Crippen LogP contribution in [0.2, 0.25) is 0 Å². The molecule has 1 heterocycles. The number of hydrogen-bond acceptors (Lipinski definition) is 0. The van der Waals surface area contributed by atoms with Gasteiger partial charge in [0.15, 0.2) is 5.71 Å². The average Bonchev–Trinajstić information content (AvgIpc) is 2.41. The van der Waals surface area contributed by atoms with E-state index in [1.54, 1.807) is 0 Å². The van der Waals surface area contributed by atoms with Crippen LogP contribution in [-0.4, -0.2) is 12.3 Å². The maximum absolute atomic E-state index is 3.46. The summed E-state index contributed by atoms with van der Waals surface area (Å²) in [7, 11) is 0. The van der Waals surface area contributed by atoms with E-state index in [1.165, 1.54) is 31.5 Å². The fourth-order valence-electron chi connectivity index (χ4n) is 2.41. The van der Waals surface area contributed by atoms with Gasteiger partial charge in [-0.05, 0) is 24.7 Å². The first-order valence-corrected chi connectivity index (χ1v) is 4.95.